The summed E-state index contributed by atoms with van der Waals surface area (Å²) in [5.41, 5.74) is 0. The summed E-state index contributed by atoms with van der Waals surface area (Å²) in [5.74, 6) is 0.927. The summed E-state index contributed by atoms with van der Waals surface area (Å²) in [6.45, 7) is 4.16. The standard InChI is InChI=1S/C9H16N4/c1-8(9-2-3-9)10-4-6-13-7-5-11-12-13/h5,7-10H,2-4,6H2,1H3. The van der Waals surface area contributed by atoms with Gasteiger partial charge in [-0.1, -0.05) is 5.21 Å². The van der Waals surface area contributed by atoms with Crippen LogP contribution in [-0.2, 0) is 6.54 Å². The summed E-state index contributed by atoms with van der Waals surface area (Å²) >= 11 is 0. The quantitative estimate of drug-likeness (QED) is 0.724. The molecule has 0 amide bonds. The average molecular weight is 180 g/mol. The molecule has 1 aromatic heterocycles. The fraction of sp³-hybridized carbons (Fsp3) is 0.778. The number of hydrogen-bond acceptors (Lipinski definition) is 3. The Morgan fingerprint density at radius 2 is 2.46 bits per heavy atom. The Morgan fingerprint density at radius 1 is 1.62 bits per heavy atom. The second-order valence-corrected chi connectivity index (χ2v) is 3.75. The molecule has 1 saturated carbocycles. The zero-order chi connectivity index (χ0) is 9.10. The molecule has 0 radical (unpaired) electrons. The molecule has 0 spiro atoms. The summed E-state index contributed by atoms with van der Waals surface area (Å²) in [6.07, 6.45) is 6.41. The van der Waals surface area contributed by atoms with Gasteiger partial charge in [0.05, 0.1) is 12.7 Å². The summed E-state index contributed by atoms with van der Waals surface area (Å²) in [5, 5.41) is 11.1. The maximum Gasteiger partial charge on any atom is 0.0692 e. The fourth-order valence-electron chi connectivity index (χ4n) is 1.52. The molecular formula is C9H16N4. The van der Waals surface area contributed by atoms with Gasteiger partial charge in [-0.3, -0.25) is 4.68 Å². The molecule has 1 N–H and O–H groups in total. The Labute approximate surface area is 78.3 Å². The van der Waals surface area contributed by atoms with E-state index >= 15 is 0 Å². The summed E-state index contributed by atoms with van der Waals surface area (Å²) in [7, 11) is 0. The van der Waals surface area contributed by atoms with Crippen LogP contribution in [0.4, 0.5) is 0 Å². The monoisotopic (exact) mass is 180 g/mol. The van der Waals surface area contributed by atoms with Crippen LogP contribution in [0, 0.1) is 5.92 Å². The van der Waals surface area contributed by atoms with Gasteiger partial charge in [0, 0.05) is 18.8 Å². The fourth-order valence-corrected chi connectivity index (χ4v) is 1.52. The van der Waals surface area contributed by atoms with Crippen molar-refractivity contribution in [3.05, 3.63) is 12.4 Å². The highest BCUT2D eigenvalue weighted by Gasteiger charge is 2.27. The molecule has 72 valence electrons. The molecule has 1 aromatic rings. The number of nitrogens with one attached hydrogen (secondary N) is 1. The summed E-state index contributed by atoms with van der Waals surface area (Å²) < 4.78 is 1.85. The minimum Gasteiger partial charge on any atom is -0.312 e. The van der Waals surface area contributed by atoms with Gasteiger partial charge in [0.1, 0.15) is 0 Å². The van der Waals surface area contributed by atoms with Gasteiger partial charge in [-0.25, -0.2) is 0 Å². The first-order valence-electron chi connectivity index (χ1n) is 4.94. The normalized spacial score (nSPS) is 18.8. The van der Waals surface area contributed by atoms with Crippen molar-refractivity contribution in [2.75, 3.05) is 6.54 Å². The largest absolute Gasteiger partial charge is 0.312 e. The minimum absolute atomic E-state index is 0.670. The molecule has 4 nitrogen and oxygen atoms in total. The van der Waals surface area contributed by atoms with E-state index in [-0.39, 0.29) is 0 Å². The first-order valence-corrected chi connectivity index (χ1v) is 4.94. The van der Waals surface area contributed by atoms with E-state index in [0.717, 1.165) is 19.0 Å². The highest BCUT2D eigenvalue weighted by Crippen LogP contribution is 2.32. The van der Waals surface area contributed by atoms with Gasteiger partial charge >= 0.3 is 0 Å². The average Bonchev–Trinajstić information content (AvgIpc) is 2.86. The van der Waals surface area contributed by atoms with Crippen LogP contribution in [0.1, 0.15) is 19.8 Å². The van der Waals surface area contributed by atoms with Crippen LogP contribution in [0.3, 0.4) is 0 Å². The molecule has 2 rings (SSSR count). The number of nitrogens with zero attached hydrogens (tertiary/aromatic N) is 3. The van der Waals surface area contributed by atoms with Gasteiger partial charge in [-0.2, -0.15) is 0 Å². The first kappa shape index (κ1) is 8.69. The van der Waals surface area contributed by atoms with Crippen LogP contribution in [-0.4, -0.2) is 27.6 Å². The zero-order valence-electron chi connectivity index (χ0n) is 7.98. The van der Waals surface area contributed by atoms with Crippen LogP contribution in [0.15, 0.2) is 12.4 Å². The molecule has 1 aliphatic carbocycles. The number of aromatic nitrogens is 3. The van der Waals surface area contributed by atoms with E-state index in [1.807, 2.05) is 10.9 Å². The Kier molecular flexibility index (Phi) is 2.59. The molecule has 0 bridgehead atoms. The number of rotatable bonds is 5. The molecule has 0 aromatic carbocycles. The Hall–Kier alpha value is -0.900. The molecule has 13 heavy (non-hydrogen) atoms. The van der Waals surface area contributed by atoms with Crippen molar-refractivity contribution in [3.8, 4) is 0 Å². The van der Waals surface area contributed by atoms with Gasteiger partial charge in [0.2, 0.25) is 0 Å². The number of hydrogen-bond donors (Lipinski definition) is 1. The molecule has 4 heteroatoms. The van der Waals surface area contributed by atoms with Gasteiger partial charge in [-0.15, -0.1) is 5.10 Å². The molecule has 1 heterocycles. The van der Waals surface area contributed by atoms with Crippen LogP contribution < -0.4 is 5.32 Å². The lowest BCUT2D eigenvalue weighted by Gasteiger charge is -2.11. The Balaban J connectivity index is 1.63. The SMILES string of the molecule is CC(NCCn1ccnn1)C1CC1. The van der Waals surface area contributed by atoms with Crippen molar-refractivity contribution in [2.24, 2.45) is 5.92 Å². The molecule has 1 unspecified atom stereocenters. The van der Waals surface area contributed by atoms with Gasteiger partial charge < -0.3 is 5.32 Å². The summed E-state index contributed by atoms with van der Waals surface area (Å²) in [4.78, 5) is 0. The van der Waals surface area contributed by atoms with E-state index in [4.69, 9.17) is 0 Å². The van der Waals surface area contributed by atoms with E-state index in [1.54, 1.807) is 6.20 Å². The van der Waals surface area contributed by atoms with E-state index in [9.17, 15) is 0 Å². The third-order valence-corrected chi connectivity index (χ3v) is 2.61. The first-order chi connectivity index (χ1) is 6.36. The van der Waals surface area contributed by atoms with Crippen molar-refractivity contribution in [1.82, 2.24) is 20.3 Å². The maximum atomic E-state index is 3.90. The topological polar surface area (TPSA) is 42.7 Å². The van der Waals surface area contributed by atoms with Crippen molar-refractivity contribution in [2.45, 2.75) is 32.4 Å². The van der Waals surface area contributed by atoms with Crippen LogP contribution >= 0.6 is 0 Å². The molecular weight excluding hydrogens is 164 g/mol. The minimum atomic E-state index is 0.670. The maximum absolute atomic E-state index is 3.90. The van der Waals surface area contributed by atoms with Crippen LogP contribution in [0.2, 0.25) is 0 Å². The molecule has 1 atom stereocenters. The Bertz CT molecular complexity index is 240. The third-order valence-electron chi connectivity index (χ3n) is 2.61. The predicted molar refractivity (Wildman–Crippen MR) is 50.2 cm³/mol. The second kappa shape index (κ2) is 3.87. The smallest absolute Gasteiger partial charge is 0.0692 e. The molecule has 1 fully saturated rings. The van der Waals surface area contributed by atoms with E-state index < -0.39 is 0 Å². The Morgan fingerprint density at radius 3 is 3.08 bits per heavy atom. The highest BCUT2D eigenvalue weighted by atomic mass is 15.4. The second-order valence-electron chi connectivity index (χ2n) is 3.75. The molecule has 0 aliphatic heterocycles. The van der Waals surface area contributed by atoms with Crippen LogP contribution in [0.5, 0.6) is 0 Å². The van der Waals surface area contributed by atoms with Gasteiger partial charge in [0.15, 0.2) is 0 Å². The van der Waals surface area contributed by atoms with Gasteiger partial charge in [-0.05, 0) is 25.7 Å². The van der Waals surface area contributed by atoms with Crippen molar-refractivity contribution in [1.29, 1.82) is 0 Å². The third kappa shape index (κ3) is 2.52. The van der Waals surface area contributed by atoms with Crippen molar-refractivity contribution in [3.63, 3.8) is 0 Å². The lowest BCUT2D eigenvalue weighted by Crippen LogP contribution is -2.31. The summed E-state index contributed by atoms with van der Waals surface area (Å²) in [6, 6.07) is 0.670. The van der Waals surface area contributed by atoms with Crippen molar-refractivity contribution < 1.29 is 0 Å². The molecule has 0 saturated heterocycles. The van der Waals surface area contributed by atoms with Gasteiger partial charge in [0.25, 0.3) is 0 Å². The van der Waals surface area contributed by atoms with E-state index in [2.05, 4.69) is 22.6 Å². The predicted octanol–water partition coefficient (Wildman–Crippen LogP) is 0.666. The van der Waals surface area contributed by atoms with E-state index in [0.29, 0.717) is 6.04 Å². The van der Waals surface area contributed by atoms with Crippen molar-refractivity contribution >= 4 is 0 Å². The van der Waals surface area contributed by atoms with Crippen LogP contribution in [0.25, 0.3) is 0 Å². The lowest BCUT2D eigenvalue weighted by molar-refractivity contribution is 0.458. The molecule has 1 aliphatic rings. The highest BCUT2D eigenvalue weighted by molar-refractivity contribution is 4.83. The zero-order valence-corrected chi connectivity index (χ0v) is 7.98. The lowest BCUT2D eigenvalue weighted by atomic mass is 10.2. The van der Waals surface area contributed by atoms with E-state index in [1.165, 1.54) is 12.8 Å².